The summed E-state index contributed by atoms with van der Waals surface area (Å²) >= 11 is 0. The summed E-state index contributed by atoms with van der Waals surface area (Å²) in [6.45, 7) is 1.17. The van der Waals surface area contributed by atoms with Gasteiger partial charge in [0, 0.05) is 13.1 Å². The predicted molar refractivity (Wildman–Crippen MR) is 160 cm³/mol. The molecule has 4 N–H and O–H groups in total. The lowest BCUT2D eigenvalue weighted by atomic mass is 9.80. The van der Waals surface area contributed by atoms with E-state index in [0.717, 1.165) is 27.7 Å². The van der Waals surface area contributed by atoms with Crippen LogP contribution in [0.2, 0.25) is 0 Å². The molecule has 0 saturated carbocycles. The summed E-state index contributed by atoms with van der Waals surface area (Å²) in [7, 11) is -2.91. The van der Waals surface area contributed by atoms with E-state index in [4.69, 9.17) is 25.4 Å². The van der Waals surface area contributed by atoms with E-state index in [1.807, 2.05) is 57.7 Å². The van der Waals surface area contributed by atoms with Gasteiger partial charge in [-0.15, -0.1) is 0 Å². The highest BCUT2D eigenvalue weighted by Crippen LogP contribution is 2.19. The Morgan fingerprint density at radius 3 is 1.71 bits per heavy atom. The molecule has 0 aliphatic rings. The van der Waals surface area contributed by atoms with Crippen molar-refractivity contribution in [3.63, 3.8) is 0 Å². The summed E-state index contributed by atoms with van der Waals surface area (Å²) in [6.07, 6.45) is 3.42. The first-order valence-corrected chi connectivity index (χ1v) is 13.0. The van der Waals surface area contributed by atoms with Crippen LogP contribution >= 0.6 is 0 Å². The molecule has 12 heteroatoms. The highest BCUT2D eigenvalue weighted by atomic mass is 16.4. The van der Waals surface area contributed by atoms with E-state index in [-0.39, 0.29) is 0 Å². The molecule has 2 aromatic heterocycles. The van der Waals surface area contributed by atoms with Crippen LogP contribution < -0.4 is 10.9 Å². The van der Waals surface area contributed by atoms with Crippen molar-refractivity contribution < 1.29 is 20.1 Å². The van der Waals surface area contributed by atoms with Crippen LogP contribution in [0.1, 0.15) is 22.3 Å². The summed E-state index contributed by atoms with van der Waals surface area (Å²) in [6, 6.07) is 29.3. The number of hydrogen-bond acceptors (Lipinski definition) is 8. The number of benzene rings is 4. The summed E-state index contributed by atoms with van der Waals surface area (Å²) < 4.78 is 3.87. The smallest absolute Gasteiger partial charge is 0.423 e. The molecule has 2 heterocycles. The van der Waals surface area contributed by atoms with E-state index in [9.17, 15) is 5.26 Å². The van der Waals surface area contributed by atoms with Crippen molar-refractivity contribution in [1.29, 1.82) is 10.5 Å². The van der Waals surface area contributed by atoms with Gasteiger partial charge >= 0.3 is 14.2 Å². The molecule has 0 amide bonds. The van der Waals surface area contributed by atoms with Crippen molar-refractivity contribution in [2.45, 2.75) is 13.1 Å². The number of aromatic nitrogens is 4. The predicted octanol–water partition coefficient (Wildman–Crippen LogP) is 1.27. The van der Waals surface area contributed by atoms with Crippen molar-refractivity contribution in [3.8, 4) is 12.1 Å². The molecule has 0 bridgehead atoms. The van der Waals surface area contributed by atoms with Crippen LogP contribution in [0.4, 0.5) is 0 Å². The first-order valence-electron chi connectivity index (χ1n) is 13.0. The minimum absolute atomic E-state index is 0.451. The molecule has 0 radical (unpaired) electrons. The molecule has 4 aromatic carbocycles. The van der Waals surface area contributed by atoms with Gasteiger partial charge in [-0.2, -0.15) is 10.5 Å². The maximum atomic E-state index is 9.20. The zero-order valence-corrected chi connectivity index (χ0v) is 22.3. The fourth-order valence-electron chi connectivity index (χ4n) is 4.63. The zero-order chi connectivity index (χ0) is 29.6. The highest BCUT2D eigenvalue weighted by Gasteiger charge is 2.12. The van der Waals surface area contributed by atoms with Crippen LogP contribution in [-0.2, 0) is 13.1 Å². The molecule has 0 unspecified atom stereocenters. The Morgan fingerprint density at radius 1 is 0.619 bits per heavy atom. The van der Waals surface area contributed by atoms with Crippen molar-refractivity contribution in [2.75, 3.05) is 0 Å². The molecule has 10 nitrogen and oxygen atoms in total. The van der Waals surface area contributed by atoms with Crippen LogP contribution in [0.5, 0.6) is 0 Å². The normalized spacial score (nSPS) is 10.5. The molecule has 0 atom stereocenters. The van der Waals surface area contributed by atoms with Gasteiger partial charge in [0.25, 0.3) is 0 Å². The maximum Gasteiger partial charge on any atom is 0.488 e. The summed E-state index contributed by atoms with van der Waals surface area (Å²) in [5.74, 6) is 0. The Balaban J connectivity index is 0.000000168. The van der Waals surface area contributed by atoms with E-state index >= 15 is 0 Å². The van der Waals surface area contributed by atoms with Crippen LogP contribution in [-0.4, -0.2) is 53.4 Å². The maximum absolute atomic E-state index is 9.20. The highest BCUT2D eigenvalue weighted by molar-refractivity contribution is 6.58. The van der Waals surface area contributed by atoms with E-state index in [0.29, 0.717) is 40.7 Å². The molecular formula is C30H24B2N6O4. The lowest BCUT2D eigenvalue weighted by molar-refractivity contribution is 0.424. The Hall–Kier alpha value is -5.23. The number of nitriles is 2. The second-order valence-corrected chi connectivity index (χ2v) is 9.55. The standard InChI is InChI=1S/2C15H12BN3O2/c17-8-12-2-1-3-14-15(12)18-10-19(14)9-11-4-6-13(7-5-11)16(20)21;17-8-12-2-1-3-14-15(12)19(10-18-14)9-11-4-6-13(7-5-11)16(20)21/h2*1-7,10,20-21H,9H2. The van der Waals surface area contributed by atoms with Gasteiger partial charge in [0.05, 0.1) is 40.3 Å². The summed E-state index contributed by atoms with van der Waals surface area (Å²) in [5.41, 5.74) is 7.27. The van der Waals surface area contributed by atoms with Crippen molar-refractivity contribution in [1.82, 2.24) is 19.1 Å². The molecular weight excluding hydrogens is 530 g/mol. The van der Waals surface area contributed by atoms with E-state index < -0.39 is 14.2 Å². The fraction of sp³-hybridized carbons (Fsp3) is 0.0667. The molecule has 0 saturated heterocycles. The second kappa shape index (κ2) is 12.5. The second-order valence-electron chi connectivity index (χ2n) is 9.55. The molecule has 6 rings (SSSR count). The number of hydrogen-bond donors (Lipinski definition) is 4. The third-order valence-corrected chi connectivity index (χ3v) is 6.79. The monoisotopic (exact) mass is 554 g/mol. The van der Waals surface area contributed by atoms with Crippen molar-refractivity contribution >= 4 is 47.2 Å². The van der Waals surface area contributed by atoms with Gasteiger partial charge in [0.2, 0.25) is 0 Å². The molecule has 0 spiro atoms. The Kier molecular flexibility index (Phi) is 8.44. The van der Waals surface area contributed by atoms with Crippen LogP contribution in [0.25, 0.3) is 22.1 Å². The van der Waals surface area contributed by atoms with Gasteiger partial charge in [-0.1, -0.05) is 60.7 Å². The third-order valence-electron chi connectivity index (χ3n) is 6.79. The fourth-order valence-corrected chi connectivity index (χ4v) is 4.63. The molecule has 6 aromatic rings. The number of para-hydroxylation sites is 2. The van der Waals surface area contributed by atoms with Crippen LogP contribution in [0.3, 0.4) is 0 Å². The lowest BCUT2D eigenvalue weighted by Crippen LogP contribution is -2.29. The largest absolute Gasteiger partial charge is 0.488 e. The molecule has 204 valence electrons. The zero-order valence-electron chi connectivity index (χ0n) is 22.3. The number of fused-ring (bicyclic) bond motifs is 2. The average Bonchev–Trinajstić information content (AvgIpc) is 3.62. The molecule has 0 aliphatic heterocycles. The van der Waals surface area contributed by atoms with Gasteiger partial charge in [-0.05, 0) is 46.3 Å². The van der Waals surface area contributed by atoms with Gasteiger partial charge in [0.15, 0.2) is 0 Å². The topological polar surface area (TPSA) is 164 Å². The quantitative estimate of drug-likeness (QED) is 0.224. The third kappa shape index (κ3) is 6.08. The first-order chi connectivity index (χ1) is 20.4. The van der Waals surface area contributed by atoms with E-state index in [1.165, 1.54) is 0 Å². The van der Waals surface area contributed by atoms with Crippen LogP contribution in [0, 0.1) is 22.7 Å². The Morgan fingerprint density at radius 2 is 1.14 bits per heavy atom. The van der Waals surface area contributed by atoms with Crippen molar-refractivity contribution in [3.05, 3.63) is 120 Å². The Bertz CT molecular complexity index is 1920. The van der Waals surface area contributed by atoms with Gasteiger partial charge < -0.3 is 29.2 Å². The number of imidazole rings is 2. The van der Waals surface area contributed by atoms with E-state index in [2.05, 4.69) is 22.1 Å². The van der Waals surface area contributed by atoms with Crippen molar-refractivity contribution in [2.24, 2.45) is 0 Å². The van der Waals surface area contributed by atoms with Gasteiger partial charge in [-0.3, -0.25) is 0 Å². The minimum atomic E-state index is -1.46. The average molecular weight is 554 g/mol. The molecule has 0 aliphatic carbocycles. The molecule has 42 heavy (non-hydrogen) atoms. The number of rotatable bonds is 6. The van der Waals surface area contributed by atoms with Crippen LogP contribution in [0.15, 0.2) is 97.6 Å². The Labute approximate surface area is 241 Å². The molecule has 0 fully saturated rings. The van der Waals surface area contributed by atoms with Gasteiger partial charge in [-0.25, -0.2) is 9.97 Å². The minimum Gasteiger partial charge on any atom is -0.423 e. The first kappa shape index (κ1) is 28.3. The lowest BCUT2D eigenvalue weighted by Gasteiger charge is -2.07. The SMILES string of the molecule is N#Cc1cccc2c1ncn2Cc1ccc(B(O)O)cc1.N#Cc1cccc2ncn(Cc3ccc(B(O)O)cc3)c12. The summed E-state index contributed by atoms with van der Waals surface area (Å²) in [4.78, 5) is 8.59. The number of nitrogens with zero attached hydrogens (tertiary/aromatic N) is 6. The van der Waals surface area contributed by atoms with Gasteiger partial charge in [0.1, 0.15) is 17.7 Å². The summed E-state index contributed by atoms with van der Waals surface area (Å²) in [5, 5.41) is 54.6. The van der Waals surface area contributed by atoms with E-state index in [1.54, 1.807) is 49.1 Å².